The third-order valence-electron chi connectivity index (χ3n) is 5.08. The molecule has 3 rings (SSSR count). The number of cyclic esters (lactones) is 1. The highest BCUT2D eigenvalue weighted by molar-refractivity contribution is 9.10. The fourth-order valence-corrected chi connectivity index (χ4v) is 4.23. The third kappa shape index (κ3) is 3.66. The summed E-state index contributed by atoms with van der Waals surface area (Å²) in [6, 6.07) is 3.35. The first-order valence-electron chi connectivity index (χ1n) is 8.60. The Hall–Kier alpha value is -1.80. The van der Waals surface area contributed by atoms with Gasteiger partial charge in [-0.25, -0.2) is 0 Å². The quantitative estimate of drug-likeness (QED) is 0.699. The van der Waals surface area contributed by atoms with Crippen LogP contribution in [-0.4, -0.2) is 51.8 Å². The molecule has 8 heteroatoms. The van der Waals surface area contributed by atoms with Crippen molar-refractivity contribution >= 4 is 27.8 Å². The maximum Gasteiger partial charge on any atom is 0.312 e. The second-order valence-electron chi connectivity index (χ2n) is 6.66. The summed E-state index contributed by atoms with van der Waals surface area (Å²) < 4.78 is 16.7. The van der Waals surface area contributed by atoms with E-state index in [2.05, 4.69) is 26.6 Å². The smallest absolute Gasteiger partial charge is 0.312 e. The molecule has 26 heavy (non-hydrogen) atoms. The van der Waals surface area contributed by atoms with E-state index in [0.717, 1.165) is 25.9 Å². The zero-order valence-corrected chi connectivity index (χ0v) is 16.5. The fourth-order valence-electron chi connectivity index (χ4n) is 3.63. The van der Waals surface area contributed by atoms with Crippen LogP contribution in [0, 0.1) is 5.41 Å². The molecule has 1 spiro atoms. The molecule has 2 aliphatic heterocycles. The summed E-state index contributed by atoms with van der Waals surface area (Å²) in [4.78, 5) is 24.9. The van der Waals surface area contributed by atoms with E-state index in [4.69, 9.17) is 14.2 Å². The molecular weight excluding hydrogens is 404 g/mol. The van der Waals surface area contributed by atoms with Crippen LogP contribution in [0.5, 0.6) is 11.5 Å². The Kier molecular flexibility index (Phi) is 5.72. The van der Waals surface area contributed by atoms with Gasteiger partial charge in [0.25, 0.3) is 5.91 Å². The standard InChI is InChI=1S/C18H23BrN2O5/c1-24-11-7-13(15(25-2)14(19)8-11)16(22)21-10-12-9-18(17(23)26-12)3-5-20-6-4-18/h7-8,12,20H,3-6,9-10H2,1-2H3,(H,21,22). The van der Waals surface area contributed by atoms with Gasteiger partial charge in [0.2, 0.25) is 0 Å². The number of ether oxygens (including phenoxy) is 3. The van der Waals surface area contributed by atoms with Crippen molar-refractivity contribution in [1.82, 2.24) is 10.6 Å². The summed E-state index contributed by atoms with van der Waals surface area (Å²) in [6.45, 7) is 1.92. The number of benzene rings is 1. The second-order valence-corrected chi connectivity index (χ2v) is 7.52. The van der Waals surface area contributed by atoms with Crippen LogP contribution < -0.4 is 20.1 Å². The van der Waals surface area contributed by atoms with Gasteiger partial charge in [-0.15, -0.1) is 0 Å². The Balaban J connectivity index is 1.66. The highest BCUT2D eigenvalue weighted by Gasteiger charge is 2.49. The highest BCUT2D eigenvalue weighted by atomic mass is 79.9. The molecule has 0 bridgehead atoms. The van der Waals surface area contributed by atoms with E-state index >= 15 is 0 Å². The molecule has 2 aliphatic rings. The number of amides is 1. The summed E-state index contributed by atoms with van der Waals surface area (Å²) in [7, 11) is 3.04. The van der Waals surface area contributed by atoms with Crippen molar-refractivity contribution < 1.29 is 23.8 Å². The molecule has 2 N–H and O–H groups in total. The van der Waals surface area contributed by atoms with E-state index in [0.29, 0.717) is 28.0 Å². The van der Waals surface area contributed by atoms with Crippen LogP contribution in [0.2, 0.25) is 0 Å². The lowest BCUT2D eigenvalue weighted by molar-refractivity contribution is -0.149. The zero-order valence-electron chi connectivity index (χ0n) is 14.9. The number of hydrogen-bond donors (Lipinski definition) is 2. The SMILES string of the molecule is COc1cc(Br)c(OC)c(C(=O)NCC2CC3(CCNCC3)C(=O)O2)c1. The first kappa shape index (κ1) is 19.0. The molecule has 0 radical (unpaired) electrons. The van der Waals surface area contributed by atoms with Crippen LogP contribution in [0.3, 0.4) is 0 Å². The van der Waals surface area contributed by atoms with Crippen LogP contribution in [-0.2, 0) is 9.53 Å². The van der Waals surface area contributed by atoms with Crippen molar-refractivity contribution in [3.63, 3.8) is 0 Å². The molecule has 1 atom stereocenters. The molecule has 2 heterocycles. The van der Waals surface area contributed by atoms with Gasteiger partial charge in [0.05, 0.1) is 36.2 Å². The van der Waals surface area contributed by atoms with Gasteiger partial charge < -0.3 is 24.8 Å². The predicted octanol–water partition coefficient (Wildman–Crippen LogP) is 1.88. The van der Waals surface area contributed by atoms with Crippen LogP contribution in [0.15, 0.2) is 16.6 Å². The van der Waals surface area contributed by atoms with Gasteiger partial charge in [-0.1, -0.05) is 0 Å². The van der Waals surface area contributed by atoms with Gasteiger partial charge in [0, 0.05) is 6.42 Å². The largest absolute Gasteiger partial charge is 0.497 e. The molecule has 2 saturated heterocycles. The minimum Gasteiger partial charge on any atom is -0.497 e. The second kappa shape index (κ2) is 7.84. The Morgan fingerprint density at radius 2 is 2.08 bits per heavy atom. The zero-order chi connectivity index (χ0) is 18.7. The van der Waals surface area contributed by atoms with E-state index < -0.39 is 5.41 Å². The van der Waals surface area contributed by atoms with Crippen molar-refractivity contribution in [3.05, 3.63) is 22.2 Å². The molecule has 1 amide bonds. The molecule has 142 valence electrons. The van der Waals surface area contributed by atoms with Crippen molar-refractivity contribution in [3.8, 4) is 11.5 Å². The molecule has 1 unspecified atom stereocenters. The van der Waals surface area contributed by atoms with Crippen LogP contribution in [0.25, 0.3) is 0 Å². The number of halogens is 1. The average Bonchev–Trinajstić information content (AvgIpc) is 2.94. The van der Waals surface area contributed by atoms with E-state index in [-0.39, 0.29) is 24.5 Å². The molecule has 0 aliphatic carbocycles. The third-order valence-corrected chi connectivity index (χ3v) is 5.67. The summed E-state index contributed by atoms with van der Waals surface area (Å²) in [5, 5.41) is 6.11. The van der Waals surface area contributed by atoms with Gasteiger partial charge in [-0.2, -0.15) is 0 Å². The Bertz CT molecular complexity index is 703. The Morgan fingerprint density at radius 3 is 2.73 bits per heavy atom. The lowest BCUT2D eigenvalue weighted by Crippen LogP contribution is -2.39. The van der Waals surface area contributed by atoms with E-state index in [1.54, 1.807) is 12.1 Å². The molecule has 0 saturated carbocycles. The highest BCUT2D eigenvalue weighted by Crippen LogP contribution is 2.41. The summed E-state index contributed by atoms with van der Waals surface area (Å²) >= 11 is 3.38. The van der Waals surface area contributed by atoms with Gasteiger partial charge in [0.1, 0.15) is 17.6 Å². The summed E-state index contributed by atoms with van der Waals surface area (Å²) in [6.07, 6.45) is 1.91. The topological polar surface area (TPSA) is 85.9 Å². The molecule has 1 aromatic rings. The number of rotatable bonds is 5. The van der Waals surface area contributed by atoms with Crippen molar-refractivity contribution in [2.24, 2.45) is 5.41 Å². The number of esters is 1. The van der Waals surface area contributed by atoms with Gasteiger partial charge in [-0.3, -0.25) is 9.59 Å². The molecule has 0 aromatic heterocycles. The van der Waals surface area contributed by atoms with Crippen molar-refractivity contribution in [2.45, 2.75) is 25.4 Å². The normalized spacial score (nSPS) is 21.3. The molecular formula is C18H23BrN2O5. The van der Waals surface area contributed by atoms with Crippen molar-refractivity contribution in [2.75, 3.05) is 33.9 Å². The van der Waals surface area contributed by atoms with Gasteiger partial charge in [-0.05, 0) is 54.0 Å². The predicted molar refractivity (Wildman–Crippen MR) is 98.6 cm³/mol. The summed E-state index contributed by atoms with van der Waals surface area (Å²) in [5.74, 6) is 0.536. The van der Waals surface area contributed by atoms with E-state index in [1.807, 2.05) is 0 Å². The number of hydrogen-bond acceptors (Lipinski definition) is 6. The number of piperidine rings is 1. The van der Waals surface area contributed by atoms with E-state index in [9.17, 15) is 9.59 Å². The molecule has 7 nitrogen and oxygen atoms in total. The van der Waals surface area contributed by atoms with Gasteiger partial charge in [0.15, 0.2) is 0 Å². The van der Waals surface area contributed by atoms with Crippen LogP contribution in [0.1, 0.15) is 29.6 Å². The lowest BCUT2D eigenvalue weighted by atomic mass is 9.76. The monoisotopic (exact) mass is 426 g/mol. The Morgan fingerprint density at radius 1 is 1.35 bits per heavy atom. The first-order chi connectivity index (χ1) is 12.5. The van der Waals surface area contributed by atoms with E-state index in [1.165, 1.54) is 14.2 Å². The number of carbonyl (C=O) groups is 2. The number of nitrogens with one attached hydrogen (secondary N) is 2. The lowest BCUT2D eigenvalue weighted by Gasteiger charge is -2.29. The summed E-state index contributed by atoms with van der Waals surface area (Å²) in [5.41, 5.74) is -0.0308. The minimum absolute atomic E-state index is 0.139. The molecule has 2 fully saturated rings. The van der Waals surface area contributed by atoms with Crippen LogP contribution >= 0.6 is 15.9 Å². The minimum atomic E-state index is -0.392. The number of methoxy groups -OCH3 is 2. The van der Waals surface area contributed by atoms with Crippen LogP contribution in [0.4, 0.5) is 0 Å². The average molecular weight is 427 g/mol. The Labute approximate surface area is 160 Å². The number of carbonyl (C=O) groups excluding carboxylic acids is 2. The van der Waals surface area contributed by atoms with Gasteiger partial charge >= 0.3 is 5.97 Å². The first-order valence-corrected chi connectivity index (χ1v) is 9.40. The fraction of sp³-hybridized carbons (Fsp3) is 0.556. The van der Waals surface area contributed by atoms with Crippen molar-refractivity contribution in [1.29, 1.82) is 0 Å². The molecule has 1 aromatic carbocycles. The maximum absolute atomic E-state index is 12.6. The maximum atomic E-state index is 12.6.